The average molecular weight is 353 g/mol. The molecule has 0 bridgehead atoms. The van der Waals surface area contributed by atoms with Gasteiger partial charge in [-0.15, -0.1) is 0 Å². The van der Waals surface area contributed by atoms with Crippen LogP contribution in [0, 0.1) is 5.92 Å². The Labute approximate surface area is 155 Å². The third kappa shape index (κ3) is 5.25. The van der Waals surface area contributed by atoms with Crippen LogP contribution in [0.4, 0.5) is 4.79 Å². The molecule has 0 radical (unpaired) electrons. The number of benzene rings is 2. The summed E-state index contributed by atoms with van der Waals surface area (Å²) in [5, 5.41) is 2.96. The summed E-state index contributed by atoms with van der Waals surface area (Å²) >= 11 is 0. The maximum Gasteiger partial charge on any atom is 0.407 e. The molecule has 4 nitrogen and oxygen atoms in total. The molecule has 1 aliphatic carbocycles. The zero-order chi connectivity index (χ0) is 18.2. The van der Waals surface area contributed by atoms with Gasteiger partial charge in [0.15, 0.2) is 0 Å². The van der Waals surface area contributed by atoms with Crippen LogP contribution in [0.25, 0.3) is 0 Å². The van der Waals surface area contributed by atoms with Crippen molar-refractivity contribution >= 4 is 6.09 Å². The highest BCUT2D eigenvalue weighted by atomic mass is 16.5. The fraction of sp³-hybridized carbons (Fsp3) is 0.409. The Bertz CT molecular complexity index is 684. The lowest BCUT2D eigenvalue weighted by Gasteiger charge is -2.21. The first-order valence-electron chi connectivity index (χ1n) is 9.43. The van der Waals surface area contributed by atoms with Crippen LogP contribution in [-0.4, -0.2) is 25.3 Å². The summed E-state index contributed by atoms with van der Waals surface area (Å²) in [6.07, 6.45) is 3.78. The second-order valence-corrected chi connectivity index (χ2v) is 6.78. The molecule has 26 heavy (non-hydrogen) atoms. The maximum atomic E-state index is 11.6. The molecule has 1 saturated carbocycles. The summed E-state index contributed by atoms with van der Waals surface area (Å²) < 4.78 is 11.0. The SMILES string of the molecule is CCOC(=O)NC1CCCC1COc1ccc(Cc2ccccc2)cc1. The fourth-order valence-electron chi connectivity index (χ4n) is 3.49. The highest BCUT2D eigenvalue weighted by Gasteiger charge is 2.29. The number of carbonyl (C=O) groups is 1. The summed E-state index contributed by atoms with van der Waals surface area (Å²) in [6, 6.07) is 18.9. The van der Waals surface area contributed by atoms with Crippen LogP contribution in [0.3, 0.4) is 0 Å². The van der Waals surface area contributed by atoms with Gasteiger partial charge in [-0.25, -0.2) is 4.79 Å². The van der Waals surface area contributed by atoms with Gasteiger partial charge in [-0.2, -0.15) is 0 Å². The van der Waals surface area contributed by atoms with Gasteiger partial charge in [0.05, 0.1) is 13.2 Å². The van der Waals surface area contributed by atoms with Crippen molar-refractivity contribution in [1.29, 1.82) is 0 Å². The Kier molecular flexibility index (Phi) is 6.53. The molecule has 138 valence electrons. The van der Waals surface area contributed by atoms with Gasteiger partial charge in [0, 0.05) is 12.0 Å². The quantitative estimate of drug-likeness (QED) is 0.793. The predicted molar refractivity (Wildman–Crippen MR) is 102 cm³/mol. The Morgan fingerprint density at radius 3 is 2.50 bits per heavy atom. The van der Waals surface area contributed by atoms with Gasteiger partial charge in [0.2, 0.25) is 0 Å². The molecule has 2 atom stereocenters. The number of carbonyl (C=O) groups excluding carboxylic acids is 1. The zero-order valence-electron chi connectivity index (χ0n) is 15.3. The Balaban J connectivity index is 1.49. The standard InChI is InChI=1S/C22H27NO3/c1-2-25-22(24)23-21-10-6-9-19(21)16-26-20-13-11-18(12-14-20)15-17-7-4-3-5-8-17/h3-5,7-8,11-14,19,21H,2,6,9-10,15-16H2,1H3,(H,23,24). The first kappa shape index (κ1) is 18.3. The lowest BCUT2D eigenvalue weighted by Crippen LogP contribution is -2.39. The van der Waals surface area contributed by atoms with Crippen LogP contribution >= 0.6 is 0 Å². The van der Waals surface area contributed by atoms with Crippen molar-refractivity contribution in [3.8, 4) is 5.75 Å². The molecule has 1 N–H and O–H groups in total. The molecule has 0 aromatic heterocycles. The maximum absolute atomic E-state index is 11.6. The van der Waals surface area contributed by atoms with Crippen molar-refractivity contribution in [3.63, 3.8) is 0 Å². The number of hydrogen-bond donors (Lipinski definition) is 1. The molecule has 2 aromatic rings. The fourth-order valence-corrected chi connectivity index (χ4v) is 3.49. The van der Waals surface area contributed by atoms with E-state index in [4.69, 9.17) is 9.47 Å². The smallest absolute Gasteiger partial charge is 0.407 e. The largest absolute Gasteiger partial charge is 0.493 e. The van der Waals surface area contributed by atoms with E-state index in [1.165, 1.54) is 11.1 Å². The van der Waals surface area contributed by atoms with Crippen molar-refractivity contribution in [2.24, 2.45) is 5.92 Å². The van der Waals surface area contributed by atoms with Crippen LogP contribution in [-0.2, 0) is 11.2 Å². The van der Waals surface area contributed by atoms with E-state index in [0.29, 0.717) is 19.1 Å². The lowest BCUT2D eigenvalue weighted by molar-refractivity contribution is 0.141. The van der Waals surface area contributed by atoms with Crippen LogP contribution < -0.4 is 10.1 Å². The third-order valence-electron chi connectivity index (χ3n) is 4.88. The molecular formula is C22H27NO3. The van der Waals surface area contributed by atoms with Crippen LogP contribution in [0.1, 0.15) is 37.3 Å². The summed E-state index contributed by atoms with van der Waals surface area (Å²) in [5.74, 6) is 1.21. The minimum Gasteiger partial charge on any atom is -0.493 e. The molecular weight excluding hydrogens is 326 g/mol. The first-order valence-corrected chi connectivity index (χ1v) is 9.43. The van der Waals surface area contributed by atoms with Crippen molar-refractivity contribution in [1.82, 2.24) is 5.32 Å². The third-order valence-corrected chi connectivity index (χ3v) is 4.88. The highest BCUT2D eigenvalue weighted by Crippen LogP contribution is 2.27. The van der Waals surface area contributed by atoms with Crippen molar-refractivity contribution in [2.45, 2.75) is 38.6 Å². The second-order valence-electron chi connectivity index (χ2n) is 6.78. The highest BCUT2D eigenvalue weighted by molar-refractivity contribution is 5.67. The van der Waals surface area contributed by atoms with Crippen molar-refractivity contribution in [2.75, 3.05) is 13.2 Å². The van der Waals surface area contributed by atoms with Crippen LogP contribution in [0.15, 0.2) is 54.6 Å². The van der Waals surface area contributed by atoms with E-state index in [1.807, 2.05) is 25.1 Å². The number of alkyl carbamates (subject to hydrolysis) is 1. The molecule has 0 heterocycles. The minimum atomic E-state index is -0.324. The molecule has 4 heteroatoms. The van der Waals surface area contributed by atoms with E-state index in [2.05, 4.69) is 41.7 Å². The Morgan fingerprint density at radius 2 is 1.77 bits per heavy atom. The Hall–Kier alpha value is -2.49. The molecule has 1 fully saturated rings. The van der Waals surface area contributed by atoms with Gasteiger partial charge in [-0.1, -0.05) is 48.9 Å². The van der Waals surface area contributed by atoms with Crippen LogP contribution in [0.5, 0.6) is 5.75 Å². The monoisotopic (exact) mass is 353 g/mol. The summed E-state index contributed by atoms with van der Waals surface area (Å²) in [4.78, 5) is 11.6. The second kappa shape index (κ2) is 9.27. The van der Waals surface area contributed by atoms with E-state index in [0.717, 1.165) is 31.4 Å². The van der Waals surface area contributed by atoms with E-state index < -0.39 is 0 Å². The normalized spacial score (nSPS) is 19.1. The lowest BCUT2D eigenvalue weighted by atomic mass is 10.0. The molecule has 2 unspecified atom stereocenters. The molecule has 2 aromatic carbocycles. The van der Waals surface area contributed by atoms with Crippen molar-refractivity contribution < 1.29 is 14.3 Å². The molecule has 1 amide bonds. The van der Waals surface area contributed by atoms with E-state index in [-0.39, 0.29) is 12.1 Å². The topological polar surface area (TPSA) is 47.6 Å². The predicted octanol–water partition coefficient (Wildman–Crippen LogP) is 4.57. The summed E-state index contributed by atoms with van der Waals surface area (Å²) in [7, 11) is 0. The first-order chi connectivity index (χ1) is 12.7. The minimum absolute atomic E-state index is 0.145. The van der Waals surface area contributed by atoms with E-state index in [9.17, 15) is 4.79 Å². The Morgan fingerprint density at radius 1 is 1.04 bits per heavy atom. The summed E-state index contributed by atoms with van der Waals surface area (Å²) in [5.41, 5.74) is 2.58. The zero-order valence-corrected chi connectivity index (χ0v) is 15.3. The van der Waals surface area contributed by atoms with Gasteiger partial charge in [-0.3, -0.25) is 0 Å². The molecule has 1 aliphatic rings. The average Bonchev–Trinajstić information content (AvgIpc) is 3.09. The van der Waals surface area contributed by atoms with E-state index in [1.54, 1.807) is 0 Å². The molecule has 0 saturated heterocycles. The number of ether oxygens (including phenoxy) is 2. The van der Waals surface area contributed by atoms with Crippen LogP contribution in [0.2, 0.25) is 0 Å². The molecule has 0 spiro atoms. The molecule has 3 rings (SSSR count). The van der Waals surface area contributed by atoms with E-state index >= 15 is 0 Å². The number of hydrogen-bond acceptors (Lipinski definition) is 3. The van der Waals surface area contributed by atoms with Gasteiger partial charge in [0.1, 0.15) is 5.75 Å². The summed E-state index contributed by atoms with van der Waals surface area (Å²) in [6.45, 7) is 2.83. The van der Waals surface area contributed by atoms with Crippen molar-refractivity contribution in [3.05, 3.63) is 65.7 Å². The number of rotatable bonds is 7. The molecule has 0 aliphatic heterocycles. The van der Waals surface area contributed by atoms with Gasteiger partial charge >= 0.3 is 6.09 Å². The van der Waals surface area contributed by atoms with Gasteiger partial charge in [0.25, 0.3) is 0 Å². The number of nitrogens with one attached hydrogen (secondary N) is 1. The number of amides is 1. The van der Waals surface area contributed by atoms with Gasteiger partial charge < -0.3 is 14.8 Å². The van der Waals surface area contributed by atoms with Gasteiger partial charge in [-0.05, 0) is 49.4 Å².